The van der Waals surface area contributed by atoms with E-state index in [4.69, 9.17) is 0 Å². The number of likely N-dealkylation sites (tertiary alicyclic amines) is 1. The maximum Gasteiger partial charge on any atom is 0.225 e. The van der Waals surface area contributed by atoms with Gasteiger partial charge in [-0.05, 0) is 18.1 Å². The van der Waals surface area contributed by atoms with Gasteiger partial charge in [0.2, 0.25) is 11.8 Å². The Labute approximate surface area is 146 Å². The molecular weight excluding hydrogens is 319 g/mol. The van der Waals surface area contributed by atoms with Gasteiger partial charge in [-0.15, -0.1) is 0 Å². The second-order valence-corrected chi connectivity index (χ2v) is 6.31. The zero-order chi connectivity index (χ0) is 17.8. The summed E-state index contributed by atoms with van der Waals surface area (Å²) in [4.78, 5) is 26.5. The number of rotatable bonds is 4. The molecular formula is C20H21FN2O2. The van der Waals surface area contributed by atoms with Crippen molar-refractivity contribution in [3.63, 3.8) is 0 Å². The van der Waals surface area contributed by atoms with E-state index in [-0.39, 0.29) is 36.1 Å². The van der Waals surface area contributed by atoms with Gasteiger partial charge in [0.05, 0.1) is 12.0 Å². The van der Waals surface area contributed by atoms with Gasteiger partial charge in [-0.2, -0.15) is 0 Å². The molecule has 130 valence electrons. The highest BCUT2D eigenvalue weighted by Crippen LogP contribution is 2.35. The quantitative estimate of drug-likeness (QED) is 0.930. The van der Waals surface area contributed by atoms with Crippen molar-refractivity contribution < 1.29 is 14.0 Å². The number of halogens is 1. The third-order valence-corrected chi connectivity index (χ3v) is 4.75. The average Bonchev–Trinajstić information content (AvgIpc) is 2.63. The van der Waals surface area contributed by atoms with Crippen LogP contribution < -0.4 is 5.32 Å². The molecule has 1 aliphatic rings. The van der Waals surface area contributed by atoms with Crippen LogP contribution in [-0.2, 0) is 16.1 Å². The predicted octanol–water partition coefficient (Wildman–Crippen LogP) is 3.05. The first kappa shape index (κ1) is 17.1. The molecule has 0 radical (unpaired) electrons. The zero-order valence-corrected chi connectivity index (χ0v) is 14.1. The summed E-state index contributed by atoms with van der Waals surface area (Å²) in [6.07, 6.45) is 0.837. The van der Waals surface area contributed by atoms with E-state index >= 15 is 0 Å². The molecule has 1 fully saturated rings. The molecule has 0 aliphatic carbocycles. The van der Waals surface area contributed by atoms with Crippen LogP contribution in [0.5, 0.6) is 0 Å². The third kappa shape index (κ3) is 3.71. The molecule has 2 amide bonds. The third-order valence-electron chi connectivity index (χ3n) is 4.75. The Morgan fingerprint density at radius 3 is 2.56 bits per heavy atom. The van der Waals surface area contributed by atoms with Crippen LogP contribution in [0, 0.1) is 11.7 Å². The first-order chi connectivity index (χ1) is 12.1. The van der Waals surface area contributed by atoms with E-state index in [2.05, 4.69) is 5.32 Å². The van der Waals surface area contributed by atoms with E-state index < -0.39 is 0 Å². The number of carbonyl (C=O) groups is 2. The van der Waals surface area contributed by atoms with Gasteiger partial charge >= 0.3 is 0 Å². The second kappa shape index (κ2) is 7.47. The van der Waals surface area contributed by atoms with Gasteiger partial charge in [0.25, 0.3) is 0 Å². The van der Waals surface area contributed by atoms with E-state index in [0.29, 0.717) is 18.4 Å². The number of hydrogen-bond acceptors (Lipinski definition) is 2. The van der Waals surface area contributed by atoms with Gasteiger partial charge < -0.3 is 10.2 Å². The summed E-state index contributed by atoms with van der Waals surface area (Å²) in [5.41, 5.74) is 1.39. The molecule has 4 nitrogen and oxygen atoms in total. The van der Waals surface area contributed by atoms with Crippen LogP contribution in [0.3, 0.4) is 0 Å². The van der Waals surface area contributed by atoms with Gasteiger partial charge in [-0.3, -0.25) is 9.59 Å². The highest BCUT2D eigenvalue weighted by molar-refractivity contribution is 5.84. The highest BCUT2D eigenvalue weighted by atomic mass is 19.1. The number of nitrogens with one attached hydrogen (secondary N) is 1. The molecule has 0 saturated carbocycles. The van der Waals surface area contributed by atoms with Crippen molar-refractivity contribution in [2.75, 3.05) is 7.05 Å². The maximum atomic E-state index is 13.7. The Kier molecular flexibility index (Phi) is 5.12. The summed E-state index contributed by atoms with van der Waals surface area (Å²) in [5.74, 6) is -0.807. The molecule has 2 unspecified atom stereocenters. The minimum atomic E-state index is -0.350. The largest absolute Gasteiger partial charge is 0.352 e. The van der Waals surface area contributed by atoms with Crippen molar-refractivity contribution in [3.8, 4) is 0 Å². The molecule has 0 bridgehead atoms. The van der Waals surface area contributed by atoms with E-state index in [1.165, 1.54) is 6.07 Å². The first-order valence-electron chi connectivity index (χ1n) is 8.39. The average molecular weight is 340 g/mol. The Morgan fingerprint density at radius 1 is 1.16 bits per heavy atom. The van der Waals surface area contributed by atoms with Crippen LogP contribution in [0.4, 0.5) is 4.39 Å². The fraction of sp³-hybridized carbons (Fsp3) is 0.300. The SMILES string of the molecule is CN1C(=O)CCC(C(=O)NCc2ccccc2F)C1c1ccccc1. The molecule has 25 heavy (non-hydrogen) atoms. The van der Waals surface area contributed by atoms with Crippen molar-refractivity contribution in [3.05, 3.63) is 71.5 Å². The summed E-state index contributed by atoms with van der Waals surface area (Å²) in [5, 5.41) is 2.83. The molecule has 2 aromatic rings. The summed E-state index contributed by atoms with van der Waals surface area (Å²) >= 11 is 0. The Hall–Kier alpha value is -2.69. The Bertz CT molecular complexity index is 763. The topological polar surface area (TPSA) is 49.4 Å². The standard InChI is InChI=1S/C20H21FN2O2/c1-23-18(24)12-11-16(19(23)14-7-3-2-4-8-14)20(25)22-13-15-9-5-6-10-17(15)21/h2-10,16,19H,11-13H2,1H3,(H,22,25). The molecule has 1 saturated heterocycles. The van der Waals surface area contributed by atoms with Crippen LogP contribution in [0.15, 0.2) is 54.6 Å². The molecule has 1 N–H and O–H groups in total. The molecule has 2 aromatic carbocycles. The van der Waals surface area contributed by atoms with Crippen molar-refractivity contribution in [2.24, 2.45) is 5.92 Å². The van der Waals surface area contributed by atoms with Gasteiger partial charge in [0.1, 0.15) is 5.82 Å². The van der Waals surface area contributed by atoms with Crippen molar-refractivity contribution in [2.45, 2.75) is 25.4 Å². The zero-order valence-electron chi connectivity index (χ0n) is 14.1. The molecule has 1 heterocycles. The summed E-state index contributed by atoms with van der Waals surface area (Å²) in [6.45, 7) is 0.140. The lowest BCUT2D eigenvalue weighted by atomic mass is 9.84. The van der Waals surface area contributed by atoms with E-state index in [0.717, 1.165) is 5.56 Å². The number of amides is 2. The predicted molar refractivity (Wildman–Crippen MR) is 92.9 cm³/mol. The maximum absolute atomic E-state index is 13.7. The van der Waals surface area contributed by atoms with Crippen LogP contribution in [0.25, 0.3) is 0 Å². The summed E-state index contributed by atoms with van der Waals surface area (Å²) in [6, 6.07) is 15.6. The minimum absolute atomic E-state index is 0.0343. The Morgan fingerprint density at radius 2 is 1.84 bits per heavy atom. The van der Waals surface area contributed by atoms with Gasteiger partial charge in [-0.25, -0.2) is 4.39 Å². The lowest BCUT2D eigenvalue weighted by Gasteiger charge is -2.38. The van der Waals surface area contributed by atoms with Crippen LogP contribution >= 0.6 is 0 Å². The number of hydrogen-bond donors (Lipinski definition) is 1. The van der Waals surface area contributed by atoms with E-state index in [9.17, 15) is 14.0 Å². The monoisotopic (exact) mass is 340 g/mol. The molecule has 3 rings (SSSR count). The van der Waals surface area contributed by atoms with Gasteiger partial charge in [0.15, 0.2) is 0 Å². The molecule has 5 heteroatoms. The normalized spacial score (nSPS) is 20.4. The summed E-state index contributed by atoms with van der Waals surface area (Å²) < 4.78 is 13.7. The van der Waals surface area contributed by atoms with Gasteiger partial charge in [-0.1, -0.05) is 48.5 Å². The fourth-order valence-electron chi connectivity index (χ4n) is 3.37. The van der Waals surface area contributed by atoms with Crippen molar-refractivity contribution >= 4 is 11.8 Å². The van der Waals surface area contributed by atoms with Crippen LogP contribution in [0.2, 0.25) is 0 Å². The highest BCUT2D eigenvalue weighted by Gasteiger charge is 2.38. The lowest BCUT2D eigenvalue weighted by molar-refractivity contribution is -0.141. The fourth-order valence-corrected chi connectivity index (χ4v) is 3.37. The minimum Gasteiger partial charge on any atom is -0.352 e. The number of carbonyl (C=O) groups excluding carboxylic acids is 2. The molecule has 1 aliphatic heterocycles. The van der Waals surface area contributed by atoms with E-state index in [1.807, 2.05) is 30.3 Å². The number of benzene rings is 2. The van der Waals surface area contributed by atoms with E-state index in [1.54, 1.807) is 30.1 Å². The number of piperidine rings is 1. The molecule has 2 atom stereocenters. The molecule has 0 aromatic heterocycles. The van der Waals surface area contributed by atoms with Crippen molar-refractivity contribution in [1.29, 1.82) is 0 Å². The molecule has 0 spiro atoms. The van der Waals surface area contributed by atoms with Crippen LogP contribution in [0.1, 0.15) is 30.0 Å². The second-order valence-electron chi connectivity index (χ2n) is 6.31. The first-order valence-corrected chi connectivity index (χ1v) is 8.39. The van der Waals surface area contributed by atoms with Gasteiger partial charge in [0, 0.05) is 25.6 Å². The smallest absolute Gasteiger partial charge is 0.225 e. The van der Waals surface area contributed by atoms with Crippen molar-refractivity contribution in [1.82, 2.24) is 10.2 Å². The van der Waals surface area contributed by atoms with Crippen LogP contribution in [-0.4, -0.2) is 23.8 Å². The lowest BCUT2D eigenvalue weighted by Crippen LogP contribution is -2.46. The Balaban J connectivity index is 1.77. The number of nitrogens with zero attached hydrogens (tertiary/aromatic N) is 1. The summed E-state index contributed by atoms with van der Waals surface area (Å²) in [7, 11) is 1.73.